The van der Waals surface area contributed by atoms with Gasteiger partial charge in [-0.25, -0.2) is 4.79 Å². The third-order valence-electron chi connectivity index (χ3n) is 4.12. The molecular formula is C22H20N2O5S. The first-order valence-electron chi connectivity index (χ1n) is 9.16. The molecule has 0 unspecified atom stereocenters. The molecule has 2 aromatic carbocycles. The summed E-state index contributed by atoms with van der Waals surface area (Å²) in [5.74, 6) is -1.06. The second kappa shape index (κ2) is 9.71. The molecule has 0 aliphatic heterocycles. The number of rotatable bonds is 8. The average molecular weight is 424 g/mol. The maximum atomic E-state index is 12.5. The van der Waals surface area contributed by atoms with Crippen molar-refractivity contribution in [2.75, 3.05) is 18.5 Å². The normalized spacial score (nSPS) is 10.3. The first kappa shape index (κ1) is 21.1. The van der Waals surface area contributed by atoms with E-state index in [1.54, 1.807) is 24.4 Å². The lowest BCUT2D eigenvalue weighted by Gasteiger charge is -2.10. The van der Waals surface area contributed by atoms with Gasteiger partial charge in [-0.3, -0.25) is 9.59 Å². The third-order valence-corrected chi connectivity index (χ3v) is 5.01. The molecule has 0 spiro atoms. The number of ether oxygens (including phenoxy) is 2. The Morgan fingerprint density at radius 2 is 1.73 bits per heavy atom. The minimum absolute atomic E-state index is 0.223. The van der Waals surface area contributed by atoms with Crippen LogP contribution in [0.3, 0.4) is 0 Å². The molecule has 30 heavy (non-hydrogen) atoms. The minimum Gasteiger partial charge on any atom is -0.484 e. The maximum absolute atomic E-state index is 12.5. The van der Waals surface area contributed by atoms with Crippen molar-refractivity contribution < 1.29 is 23.9 Å². The molecule has 154 valence electrons. The Morgan fingerprint density at radius 3 is 2.37 bits per heavy atom. The number of esters is 1. The van der Waals surface area contributed by atoms with Crippen LogP contribution < -0.4 is 15.8 Å². The molecule has 3 N–H and O–H groups in total. The molecule has 8 heteroatoms. The van der Waals surface area contributed by atoms with Gasteiger partial charge in [0.25, 0.3) is 5.91 Å². The van der Waals surface area contributed by atoms with Crippen LogP contribution in [-0.2, 0) is 9.53 Å². The molecule has 1 aromatic heterocycles. The summed E-state index contributed by atoms with van der Waals surface area (Å²) in [6.45, 7) is 1.68. The number of nitrogens with one attached hydrogen (secondary N) is 1. The van der Waals surface area contributed by atoms with Crippen molar-refractivity contribution in [2.45, 2.75) is 6.92 Å². The van der Waals surface area contributed by atoms with Crippen molar-refractivity contribution in [3.8, 4) is 16.9 Å². The zero-order valence-corrected chi connectivity index (χ0v) is 17.0. The van der Waals surface area contributed by atoms with Crippen molar-refractivity contribution in [3.05, 3.63) is 71.1 Å². The number of thiophene rings is 1. The fourth-order valence-electron chi connectivity index (χ4n) is 2.71. The predicted octanol–water partition coefficient (Wildman–Crippen LogP) is 3.71. The highest BCUT2D eigenvalue weighted by molar-refractivity contribution is 7.15. The molecule has 0 saturated heterocycles. The van der Waals surface area contributed by atoms with E-state index >= 15 is 0 Å². The van der Waals surface area contributed by atoms with Crippen molar-refractivity contribution in [3.63, 3.8) is 0 Å². The monoisotopic (exact) mass is 424 g/mol. The van der Waals surface area contributed by atoms with E-state index in [9.17, 15) is 14.4 Å². The molecule has 3 rings (SSSR count). The van der Waals surface area contributed by atoms with Crippen molar-refractivity contribution in [1.82, 2.24) is 0 Å². The number of nitrogens with two attached hydrogens (primary N) is 1. The van der Waals surface area contributed by atoms with E-state index in [1.165, 1.54) is 23.5 Å². The predicted molar refractivity (Wildman–Crippen MR) is 115 cm³/mol. The van der Waals surface area contributed by atoms with Gasteiger partial charge in [0, 0.05) is 16.5 Å². The Kier molecular flexibility index (Phi) is 6.82. The highest BCUT2D eigenvalue weighted by atomic mass is 32.1. The molecule has 3 aromatic rings. The van der Waals surface area contributed by atoms with Gasteiger partial charge in [-0.15, -0.1) is 11.3 Å². The van der Waals surface area contributed by atoms with Gasteiger partial charge in [-0.2, -0.15) is 0 Å². The van der Waals surface area contributed by atoms with Crippen LogP contribution in [-0.4, -0.2) is 31.0 Å². The SMILES string of the molecule is CCOC(=O)c1c(-c2ccccc2)csc1NC(=O)COc1ccc(C(N)=O)cc1. The van der Waals surface area contributed by atoms with E-state index in [0.717, 1.165) is 5.56 Å². The highest BCUT2D eigenvalue weighted by Gasteiger charge is 2.22. The van der Waals surface area contributed by atoms with Crippen LogP contribution >= 0.6 is 11.3 Å². The Morgan fingerprint density at radius 1 is 1.03 bits per heavy atom. The first-order valence-corrected chi connectivity index (χ1v) is 10.0. The number of amides is 2. The van der Waals surface area contributed by atoms with E-state index in [2.05, 4.69) is 5.32 Å². The van der Waals surface area contributed by atoms with E-state index < -0.39 is 17.8 Å². The minimum atomic E-state index is -0.544. The lowest BCUT2D eigenvalue weighted by Crippen LogP contribution is -2.21. The van der Waals surface area contributed by atoms with Gasteiger partial charge in [0.05, 0.1) is 6.61 Å². The molecular weight excluding hydrogens is 404 g/mol. The fraction of sp³-hybridized carbons (Fsp3) is 0.136. The Balaban J connectivity index is 1.73. The number of carbonyl (C=O) groups excluding carboxylic acids is 3. The number of anilines is 1. The Hall–Kier alpha value is -3.65. The standard InChI is InChI=1S/C22H20N2O5S/c1-2-28-22(27)19-17(14-6-4-3-5-7-14)13-30-21(19)24-18(25)12-29-16-10-8-15(9-11-16)20(23)26/h3-11,13H,2,12H2,1H3,(H2,23,26)(H,24,25). The van der Waals surface area contributed by atoms with E-state index in [-0.39, 0.29) is 13.2 Å². The molecule has 0 fully saturated rings. The average Bonchev–Trinajstić information content (AvgIpc) is 3.17. The molecule has 0 atom stereocenters. The van der Waals surface area contributed by atoms with Crippen molar-refractivity contribution in [1.29, 1.82) is 0 Å². The zero-order chi connectivity index (χ0) is 21.5. The van der Waals surface area contributed by atoms with Crippen molar-refractivity contribution >= 4 is 34.1 Å². The van der Waals surface area contributed by atoms with E-state index in [4.69, 9.17) is 15.2 Å². The van der Waals surface area contributed by atoms with Crippen molar-refractivity contribution in [2.24, 2.45) is 5.73 Å². The highest BCUT2D eigenvalue weighted by Crippen LogP contribution is 2.36. The summed E-state index contributed by atoms with van der Waals surface area (Å²) in [5, 5.41) is 4.92. The van der Waals surface area contributed by atoms with Crippen LogP contribution in [0, 0.1) is 0 Å². The molecule has 2 amide bonds. The van der Waals surface area contributed by atoms with Gasteiger partial charge < -0.3 is 20.5 Å². The number of hydrogen-bond acceptors (Lipinski definition) is 6. The molecule has 0 radical (unpaired) electrons. The third kappa shape index (κ3) is 5.03. The number of hydrogen-bond donors (Lipinski definition) is 2. The summed E-state index contributed by atoms with van der Waals surface area (Å²) in [6, 6.07) is 15.5. The van der Waals surface area contributed by atoms with Crippen LogP contribution in [0.25, 0.3) is 11.1 Å². The molecule has 0 bridgehead atoms. The molecule has 7 nitrogen and oxygen atoms in total. The zero-order valence-electron chi connectivity index (χ0n) is 16.2. The van der Waals surface area contributed by atoms with Gasteiger partial charge in [0.1, 0.15) is 16.3 Å². The fourth-order valence-corrected chi connectivity index (χ4v) is 3.69. The lowest BCUT2D eigenvalue weighted by molar-refractivity contribution is -0.118. The van der Waals surface area contributed by atoms with Gasteiger partial charge >= 0.3 is 5.97 Å². The summed E-state index contributed by atoms with van der Waals surface area (Å²) >= 11 is 1.24. The van der Waals surface area contributed by atoms with Crippen LogP contribution in [0.2, 0.25) is 0 Å². The van der Waals surface area contributed by atoms with Gasteiger partial charge in [0.15, 0.2) is 6.61 Å². The Labute approximate surface area is 177 Å². The first-order chi connectivity index (χ1) is 14.5. The smallest absolute Gasteiger partial charge is 0.341 e. The summed E-state index contributed by atoms with van der Waals surface area (Å²) in [7, 11) is 0. The number of primary amides is 1. The van der Waals surface area contributed by atoms with Gasteiger partial charge in [0.2, 0.25) is 5.91 Å². The second-order valence-corrected chi connectivity index (χ2v) is 7.05. The van der Waals surface area contributed by atoms with Crippen LogP contribution in [0.5, 0.6) is 5.75 Å². The molecule has 0 aliphatic rings. The van der Waals surface area contributed by atoms with Gasteiger partial charge in [-0.05, 0) is 36.8 Å². The maximum Gasteiger partial charge on any atom is 0.341 e. The van der Waals surface area contributed by atoms with Gasteiger partial charge in [-0.1, -0.05) is 30.3 Å². The van der Waals surface area contributed by atoms with Crippen LogP contribution in [0.15, 0.2) is 60.0 Å². The molecule has 1 heterocycles. The molecule has 0 saturated carbocycles. The number of carbonyl (C=O) groups is 3. The summed E-state index contributed by atoms with van der Waals surface area (Å²) in [6.07, 6.45) is 0. The summed E-state index contributed by atoms with van der Waals surface area (Å²) in [5.41, 5.74) is 7.40. The quantitative estimate of drug-likeness (QED) is 0.536. The second-order valence-electron chi connectivity index (χ2n) is 6.17. The summed E-state index contributed by atoms with van der Waals surface area (Å²) < 4.78 is 10.6. The van der Waals surface area contributed by atoms with E-state index in [0.29, 0.717) is 27.4 Å². The topological polar surface area (TPSA) is 108 Å². The molecule has 0 aliphatic carbocycles. The van der Waals surface area contributed by atoms with E-state index in [1.807, 2.05) is 30.3 Å². The number of benzene rings is 2. The summed E-state index contributed by atoms with van der Waals surface area (Å²) in [4.78, 5) is 36.0. The Bertz CT molecular complexity index is 1050. The van der Waals surface area contributed by atoms with Crippen LogP contribution in [0.1, 0.15) is 27.6 Å². The largest absolute Gasteiger partial charge is 0.484 e. The van der Waals surface area contributed by atoms with Crippen LogP contribution in [0.4, 0.5) is 5.00 Å². The lowest BCUT2D eigenvalue weighted by atomic mass is 10.0.